The standard InChI is InChI=1S/C30H41N5O5S/c1-21-16-26(40-7)17-22(2)30(21)41(38,39)35(6)20-25(36)10-13-29(37)34(5)19-23-8-11-27-24(18-23)9-12-28(32-27)31-14-15-33(3)4/h8-9,11-12,16-18H,10,13-15,19-20H2,1-7H3,(H,31,32). The number of carbonyl (C=O) groups excluding carboxylic acids is 2. The van der Waals surface area contributed by atoms with E-state index in [9.17, 15) is 18.0 Å². The Hall–Kier alpha value is -3.54. The maximum absolute atomic E-state index is 13.2. The molecule has 1 heterocycles. The number of anilines is 1. The molecule has 0 unspecified atom stereocenters. The van der Waals surface area contributed by atoms with E-state index in [2.05, 4.69) is 15.2 Å². The van der Waals surface area contributed by atoms with Crippen molar-refractivity contribution in [2.24, 2.45) is 0 Å². The number of hydrogen-bond acceptors (Lipinski definition) is 8. The van der Waals surface area contributed by atoms with Crippen LogP contribution >= 0.6 is 0 Å². The van der Waals surface area contributed by atoms with E-state index < -0.39 is 10.0 Å². The fourth-order valence-electron chi connectivity index (χ4n) is 4.58. The molecule has 1 amide bonds. The molecule has 0 aliphatic rings. The predicted octanol–water partition coefficient (Wildman–Crippen LogP) is 3.46. The fourth-order valence-corrected chi connectivity index (χ4v) is 6.14. The quantitative estimate of drug-likeness (QED) is 0.307. The molecular formula is C30H41N5O5S. The van der Waals surface area contributed by atoms with Gasteiger partial charge in [0.15, 0.2) is 0 Å². The predicted molar refractivity (Wildman–Crippen MR) is 162 cm³/mol. The van der Waals surface area contributed by atoms with Gasteiger partial charge in [0.1, 0.15) is 17.4 Å². The summed E-state index contributed by atoms with van der Waals surface area (Å²) in [5.41, 5.74) is 2.90. The van der Waals surface area contributed by atoms with Crippen molar-refractivity contribution >= 4 is 38.4 Å². The van der Waals surface area contributed by atoms with Gasteiger partial charge >= 0.3 is 0 Å². The lowest BCUT2D eigenvalue weighted by Gasteiger charge is -2.20. The van der Waals surface area contributed by atoms with Crippen LogP contribution in [0.5, 0.6) is 5.75 Å². The molecule has 0 aliphatic carbocycles. The number of nitrogens with one attached hydrogen (secondary N) is 1. The lowest BCUT2D eigenvalue weighted by Crippen LogP contribution is -2.34. The molecule has 1 aromatic heterocycles. The minimum atomic E-state index is -3.89. The highest BCUT2D eigenvalue weighted by Crippen LogP contribution is 2.28. The Morgan fingerprint density at radius 2 is 1.63 bits per heavy atom. The molecule has 222 valence electrons. The highest BCUT2D eigenvalue weighted by molar-refractivity contribution is 7.89. The number of ether oxygens (including phenoxy) is 1. The van der Waals surface area contributed by atoms with Crippen LogP contribution in [-0.2, 0) is 26.2 Å². The molecule has 10 nitrogen and oxygen atoms in total. The number of carbonyl (C=O) groups is 2. The third-order valence-corrected chi connectivity index (χ3v) is 8.93. The van der Waals surface area contributed by atoms with Gasteiger partial charge in [-0.05, 0) is 81.0 Å². The molecule has 41 heavy (non-hydrogen) atoms. The van der Waals surface area contributed by atoms with Gasteiger partial charge in [0.2, 0.25) is 15.9 Å². The average molecular weight is 584 g/mol. The summed E-state index contributed by atoms with van der Waals surface area (Å²) in [6.45, 7) is 5.17. The number of rotatable bonds is 14. The second-order valence-corrected chi connectivity index (χ2v) is 12.6. The number of hydrogen-bond donors (Lipinski definition) is 1. The van der Waals surface area contributed by atoms with Crippen LogP contribution in [-0.4, -0.2) is 94.1 Å². The fraction of sp³-hybridized carbons (Fsp3) is 0.433. The van der Waals surface area contributed by atoms with Gasteiger partial charge in [0, 0.05) is 52.0 Å². The van der Waals surface area contributed by atoms with Crippen molar-refractivity contribution in [2.45, 2.75) is 38.1 Å². The van der Waals surface area contributed by atoms with Crippen molar-refractivity contribution in [2.75, 3.05) is 60.3 Å². The van der Waals surface area contributed by atoms with E-state index >= 15 is 0 Å². The number of Topliss-reactive ketones (excluding diaryl/α,β-unsaturated/α-hetero) is 1. The van der Waals surface area contributed by atoms with Gasteiger partial charge in [-0.1, -0.05) is 6.07 Å². The molecule has 0 aliphatic heterocycles. The highest BCUT2D eigenvalue weighted by Gasteiger charge is 2.27. The molecular weight excluding hydrogens is 542 g/mol. The first kappa shape index (κ1) is 32.0. The Labute approximate surface area is 243 Å². The summed E-state index contributed by atoms with van der Waals surface area (Å²) in [6.07, 6.45) is -0.0459. The molecule has 0 spiro atoms. The van der Waals surface area contributed by atoms with E-state index in [0.717, 1.165) is 39.7 Å². The molecule has 0 radical (unpaired) electrons. The molecule has 0 atom stereocenters. The number of fused-ring (bicyclic) bond motifs is 1. The van der Waals surface area contributed by atoms with Crippen LogP contribution < -0.4 is 10.1 Å². The highest BCUT2D eigenvalue weighted by atomic mass is 32.2. The average Bonchev–Trinajstić information content (AvgIpc) is 2.90. The summed E-state index contributed by atoms with van der Waals surface area (Å²) < 4.78 is 32.6. The van der Waals surface area contributed by atoms with Crippen LogP contribution in [0.2, 0.25) is 0 Å². The second kappa shape index (κ2) is 13.9. The van der Waals surface area contributed by atoms with E-state index in [0.29, 0.717) is 23.4 Å². The molecule has 1 N–H and O–H groups in total. The molecule has 0 saturated carbocycles. The zero-order valence-electron chi connectivity index (χ0n) is 25.0. The Morgan fingerprint density at radius 3 is 2.27 bits per heavy atom. The van der Waals surface area contributed by atoms with E-state index in [1.807, 2.05) is 44.4 Å². The normalized spacial score (nSPS) is 11.7. The maximum atomic E-state index is 13.2. The number of nitrogens with zero attached hydrogens (tertiary/aromatic N) is 4. The Kier molecular flexibility index (Phi) is 10.8. The molecule has 3 aromatic rings. The van der Waals surface area contributed by atoms with Gasteiger partial charge < -0.3 is 19.9 Å². The summed E-state index contributed by atoms with van der Waals surface area (Å²) in [4.78, 5) is 33.9. The monoisotopic (exact) mass is 583 g/mol. The Morgan fingerprint density at radius 1 is 0.951 bits per heavy atom. The van der Waals surface area contributed by atoms with Crippen molar-refractivity contribution < 1.29 is 22.7 Å². The number of amides is 1. The molecule has 0 fully saturated rings. The van der Waals surface area contributed by atoms with Crippen molar-refractivity contribution in [1.82, 2.24) is 19.1 Å². The number of aryl methyl sites for hydroxylation is 2. The van der Waals surface area contributed by atoms with Crippen LogP contribution in [0.15, 0.2) is 47.4 Å². The third-order valence-electron chi connectivity index (χ3n) is 6.82. The first-order valence-electron chi connectivity index (χ1n) is 13.5. The number of pyridine rings is 1. The Bertz CT molecular complexity index is 1480. The second-order valence-electron chi connectivity index (χ2n) is 10.6. The maximum Gasteiger partial charge on any atom is 0.243 e. The minimum Gasteiger partial charge on any atom is -0.497 e. The molecule has 3 rings (SSSR count). The van der Waals surface area contributed by atoms with Gasteiger partial charge in [-0.15, -0.1) is 0 Å². The zero-order valence-corrected chi connectivity index (χ0v) is 25.8. The van der Waals surface area contributed by atoms with E-state index in [1.54, 1.807) is 37.9 Å². The number of methoxy groups -OCH3 is 1. The lowest BCUT2D eigenvalue weighted by atomic mass is 10.1. The van der Waals surface area contributed by atoms with Gasteiger partial charge in [-0.25, -0.2) is 13.4 Å². The number of ketones is 1. The molecule has 11 heteroatoms. The third kappa shape index (κ3) is 8.48. The number of likely N-dealkylation sites (N-methyl/N-ethyl adjacent to an activating group) is 2. The molecule has 2 aromatic carbocycles. The Balaban J connectivity index is 1.54. The lowest BCUT2D eigenvalue weighted by molar-refractivity contribution is -0.132. The van der Waals surface area contributed by atoms with E-state index in [4.69, 9.17) is 4.74 Å². The SMILES string of the molecule is COc1cc(C)c(S(=O)(=O)N(C)CC(=O)CCC(=O)N(C)Cc2ccc3nc(NCCN(C)C)ccc3c2)c(C)c1. The summed E-state index contributed by atoms with van der Waals surface area (Å²) >= 11 is 0. The summed E-state index contributed by atoms with van der Waals surface area (Å²) in [7, 11) is 4.74. The largest absolute Gasteiger partial charge is 0.497 e. The van der Waals surface area contributed by atoms with Gasteiger partial charge in [0.25, 0.3) is 0 Å². The van der Waals surface area contributed by atoms with Crippen molar-refractivity contribution in [3.05, 3.63) is 59.2 Å². The number of sulfonamides is 1. The van der Waals surface area contributed by atoms with Crippen LogP contribution in [0.25, 0.3) is 10.9 Å². The number of benzene rings is 2. The van der Waals surface area contributed by atoms with Gasteiger partial charge in [-0.2, -0.15) is 4.31 Å². The summed E-state index contributed by atoms with van der Waals surface area (Å²) in [6, 6.07) is 13.1. The van der Waals surface area contributed by atoms with Crippen LogP contribution in [0, 0.1) is 13.8 Å². The number of aromatic nitrogens is 1. The van der Waals surface area contributed by atoms with Crippen LogP contribution in [0.4, 0.5) is 5.82 Å². The van der Waals surface area contributed by atoms with Crippen molar-refractivity contribution in [3.63, 3.8) is 0 Å². The first-order valence-corrected chi connectivity index (χ1v) is 14.9. The first-order chi connectivity index (χ1) is 19.3. The van der Waals surface area contributed by atoms with Crippen molar-refractivity contribution in [3.8, 4) is 5.75 Å². The topological polar surface area (TPSA) is 112 Å². The smallest absolute Gasteiger partial charge is 0.243 e. The van der Waals surface area contributed by atoms with Crippen molar-refractivity contribution in [1.29, 1.82) is 0 Å². The minimum absolute atomic E-state index is 0.000920. The van der Waals surface area contributed by atoms with Gasteiger partial charge in [-0.3, -0.25) is 9.59 Å². The van der Waals surface area contributed by atoms with Crippen LogP contribution in [0.1, 0.15) is 29.5 Å². The zero-order chi connectivity index (χ0) is 30.3. The summed E-state index contributed by atoms with van der Waals surface area (Å²) in [5.74, 6) is 0.868. The van der Waals surface area contributed by atoms with E-state index in [-0.39, 0.29) is 36.0 Å². The summed E-state index contributed by atoms with van der Waals surface area (Å²) in [5, 5.41) is 4.29. The van der Waals surface area contributed by atoms with Gasteiger partial charge in [0.05, 0.1) is 24.1 Å². The molecule has 0 bridgehead atoms. The van der Waals surface area contributed by atoms with E-state index in [1.165, 1.54) is 14.2 Å². The van der Waals surface area contributed by atoms with Crippen LogP contribution in [0.3, 0.4) is 0 Å². The molecule has 0 saturated heterocycles.